The van der Waals surface area contributed by atoms with Crippen molar-refractivity contribution >= 4 is 0 Å². The van der Waals surface area contributed by atoms with Crippen molar-refractivity contribution in [1.29, 1.82) is 0 Å². The van der Waals surface area contributed by atoms with Crippen LogP contribution in [0.4, 0.5) is 0 Å². The molecule has 0 saturated carbocycles. The molecule has 0 atom stereocenters. The first-order valence-corrected chi connectivity index (χ1v) is 14.7. The third-order valence-corrected chi connectivity index (χ3v) is 7.90. The van der Waals surface area contributed by atoms with Crippen molar-refractivity contribution in [3.63, 3.8) is 0 Å². The van der Waals surface area contributed by atoms with Crippen LogP contribution in [-0.4, -0.2) is 23.4 Å². The van der Waals surface area contributed by atoms with Gasteiger partial charge in [0.25, 0.3) is 0 Å². The number of aromatic hydroxyl groups is 2. The molecule has 0 heterocycles. The van der Waals surface area contributed by atoms with Gasteiger partial charge in [-0.25, -0.2) is 0 Å². The summed E-state index contributed by atoms with van der Waals surface area (Å²) < 4.78 is 11.9. The smallest absolute Gasteiger partial charge is 0.122 e. The van der Waals surface area contributed by atoms with Crippen molar-refractivity contribution in [2.45, 2.75) is 131 Å². The molecule has 2 aromatic carbocycles. The van der Waals surface area contributed by atoms with Gasteiger partial charge in [0.2, 0.25) is 0 Å². The number of phenols is 2. The Hall–Kier alpha value is -2.04. The lowest BCUT2D eigenvalue weighted by Gasteiger charge is -2.28. The Labute approximate surface area is 232 Å². The molecule has 4 heteroatoms. The van der Waals surface area contributed by atoms with Crippen LogP contribution in [0.15, 0.2) is 24.3 Å². The summed E-state index contributed by atoms with van der Waals surface area (Å²) in [4.78, 5) is 0. The van der Waals surface area contributed by atoms with E-state index < -0.39 is 0 Å². The number of unbranched alkanes of at least 4 members (excludes halogenated alkanes) is 4. The number of ether oxygens (including phenoxy) is 2. The SMILES string of the molecule is CCCCCC(C)(C)c1cc(COCCOCc2cc(C)c(O)c(C(C)(C)CCCCC)c2)cc(C)c1O. The van der Waals surface area contributed by atoms with Crippen LogP contribution in [0.2, 0.25) is 0 Å². The molecule has 0 aromatic heterocycles. The molecule has 0 aliphatic rings. The van der Waals surface area contributed by atoms with Gasteiger partial charge in [-0.1, -0.05) is 92.2 Å². The minimum Gasteiger partial charge on any atom is -0.507 e. The van der Waals surface area contributed by atoms with Crippen LogP contribution < -0.4 is 0 Å². The van der Waals surface area contributed by atoms with Crippen LogP contribution >= 0.6 is 0 Å². The van der Waals surface area contributed by atoms with Gasteiger partial charge in [-0.05, 0) is 71.9 Å². The molecular weight excluding hydrogens is 472 g/mol. The quantitative estimate of drug-likeness (QED) is 0.202. The maximum atomic E-state index is 10.7. The zero-order chi connectivity index (χ0) is 28.3. The highest BCUT2D eigenvalue weighted by molar-refractivity contribution is 5.47. The monoisotopic (exact) mass is 526 g/mol. The highest BCUT2D eigenvalue weighted by Crippen LogP contribution is 2.39. The van der Waals surface area contributed by atoms with Crippen LogP contribution in [0, 0.1) is 13.8 Å². The van der Waals surface area contributed by atoms with E-state index in [9.17, 15) is 10.2 Å². The van der Waals surface area contributed by atoms with Crippen molar-refractivity contribution in [3.05, 3.63) is 57.6 Å². The number of aryl methyl sites for hydroxylation is 2. The molecule has 2 aromatic rings. The van der Waals surface area contributed by atoms with E-state index in [1.54, 1.807) is 0 Å². The minimum absolute atomic E-state index is 0.0746. The number of rotatable bonds is 17. The molecule has 2 N–H and O–H groups in total. The lowest BCUT2D eigenvalue weighted by atomic mass is 9.78. The molecule has 0 aliphatic heterocycles. The molecule has 2 rings (SSSR count). The van der Waals surface area contributed by atoms with Gasteiger partial charge in [0, 0.05) is 11.1 Å². The molecule has 0 amide bonds. The fourth-order valence-corrected chi connectivity index (χ4v) is 5.31. The van der Waals surface area contributed by atoms with Gasteiger partial charge in [0.15, 0.2) is 0 Å². The van der Waals surface area contributed by atoms with E-state index in [-0.39, 0.29) is 10.8 Å². The van der Waals surface area contributed by atoms with Gasteiger partial charge in [0.1, 0.15) is 11.5 Å². The van der Waals surface area contributed by atoms with Crippen molar-refractivity contribution in [2.24, 2.45) is 0 Å². The number of hydrogen-bond acceptors (Lipinski definition) is 4. The Bertz CT molecular complexity index is 925. The Balaban J connectivity index is 1.91. The van der Waals surface area contributed by atoms with E-state index in [0.29, 0.717) is 37.9 Å². The summed E-state index contributed by atoms with van der Waals surface area (Å²) in [5, 5.41) is 21.5. The molecule has 4 nitrogen and oxygen atoms in total. The molecule has 0 aliphatic carbocycles. The Morgan fingerprint density at radius 3 is 1.32 bits per heavy atom. The van der Waals surface area contributed by atoms with E-state index in [1.807, 2.05) is 26.0 Å². The lowest BCUT2D eigenvalue weighted by molar-refractivity contribution is 0.0337. The van der Waals surface area contributed by atoms with Crippen molar-refractivity contribution in [3.8, 4) is 11.5 Å². The largest absolute Gasteiger partial charge is 0.507 e. The number of benzene rings is 2. The van der Waals surface area contributed by atoms with Gasteiger partial charge in [-0.2, -0.15) is 0 Å². The molecule has 0 unspecified atom stereocenters. The van der Waals surface area contributed by atoms with E-state index in [4.69, 9.17) is 9.47 Å². The molecule has 0 radical (unpaired) electrons. The molecule has 38 heavy (non-hydrogen) atoms. The average Bonchev–Trinajstić information content (AvgIpc) is 2.85. The summed E-state index contributed by atoms with van der Waals surface area (Å²) in [6.45, 7) is 19.2. The Kier molecular flexibility index (Phi) is 12.6. The van der Waals surface area contributed by atoms with E-state index in [0.717, 1.165) is 46.2 Å². The van der Waals surface area contributed by atoms with Gasteiger partial charge in [-0.3, -0.25) is 0 Å². The van der Waals surface area contributed by atoms with E-state index >= 15 is 0 Å². The van der Waals surface area contributed by atoms with Crippen molar-refractivity contribution in [2.75, 3.05) is 13.2 Å². The summed E-state index contributed by atoms with van der Waals surface area (Å²) in [5.41, 5.74) is 5.85. The van der Waals surface area contributed by atoms with Crippen molar-refractivity contribution < 1.29 is 19.7 Å². The molecule has 0 bridgehead atoms. The molecule has 0 saturated heterocycles. The normalized spacial score (nSPS) is 12.3. The third-order valence-electron chi connectivity index (χ3n) is 7.90. The fourth-order valence-electron chi connectivity index (χ4n) is 5.31. The second-order valence-electron chi connectivity index (χ2n) is 12.4. The van der Waals surface area contributed by atoms with Crippen LogP contribution in [0.25, 0.3) is 0 Å². The second kappa shape index (κ2) is 14.9. The van der Waals surface area contributed by atoms with Gasteiger partial charge < -0.3 is 19.7 Å². The first kappa shape index (κ1) is 32.2. The lowest BCUT2D eigenvalue weighted by Crippen LogP contribution is -2.18. The standard InChI is InChI=1S/C34H54O4/c1-9-11-13-15-33(5,6)29-21-27(19-25(3)31(29)35)23-37-17-18-38-24-28-20-26(4)32(36)30(22-28)34(7,8)16-14-12-10-2/h19-22,35-36H,9-18,23-24H2,1-8H3. The average molecular weight is 527 g/mol. The predicted octanol–water partition coefficient (Wildman–Crippen LogP) is 9.16. The minimum atomic E-state index is -0.0746. The van der Waals surface area contributed by atoms with Crippen LogP contribution in [0.1, 0.15) is 126 Å². The zero-order valence-electron chi connectivity index (χ0n) is 25.5. The summed E-state index contributed by atoms with van der Waals surface area (Å²) in [7, 11) is 0. The molecule has 0 fully saturated rings. The maximum Gasteiger partial charge on any atom is 0.122 e. The highest BCUT2D eigenvalue weighted by atomic mass is 16.5. The molecule has 214 valence electrons. The van der Waals surface area contributed by atoms with Gasteiger partial charge >= 0.3 is 0 Å². The molecular formula is C34H54O4. The van der Waals surface area contributed by atoms with Crippen LogP contribution in [0.5, 0.6) is 11.5 Å². The summed E-state index contributed by atoms with van der Waals surface area (Å²) >= 11 is 0. The van der Waals surface area contributed by atoms with Crippen LogP contribution in [-0.2, 0) is 33.5 Å². The third kappa shape index (κ3) is 9.31. The molecule has 0 spiro atoms. The van der Waals surface area contributed by atoms with Gasteiger partial charge in [-0.15, -0.1) is 0 Å². The van der Waals surface area contributed by atoms with Crippen molar-refractivity contribution in [1.82, 2.24) is 0 Å². The summed E-state index contributed by atoms with van der Waals surface area (Å²) in [6.07, 6.45) is 9.27. The first-order valence-electron chi connectivity index (χ1n) is 14.7. The van der Waals surface area contributed by atoms with E-state index in [2.05, 4.69) is 53.7 Å². The second-order valence-corrected chi connectivity index (χ2v) is 12.4. The highest BCUT2D eigenvalue weighted by Gasteiger charge is 2.26. The Morgan fingerprint density at radius 2 is 0.974 bits per heavy atom. The zero-order valence-corrected chi connectivity index (χ0v) is 25.5. The number of hydrogen-bond donors (Lipinski definition) is 2. The van der Waals surface area contributed by atoms with E-state index in [1.165, 1.54) is 38.5 Å². The number of phenolic OH excluding ortho intramolecular Hbond substituents is 2. The van der Waals surface area contributed by atoms with Gasteiger partial charge in [0.05, 0.1) is 26.4 Å². The summed E-state index contributed by atoms with van der Waals surface area (Å²) in [5.74, 6) is 0.825. The van der Waals surface area contributed by atoms with Crippen LogP contribution in [0.3, 0.4) is 0 Å². The summed E-state index contributed by atoms with van der Waals surface area (Å²) in [6, 6.07) is 8.26. The fraction of sp³-hybridized carbons (Fsp3) is 0.647. The first-order chi connectivity index (χ1) is 17.9. The predicted molar refractivity (Wildman–Crippen MR) is 159 cm³/mol. The Morgan fingerprint density at radius 1 is 0.605 bits per heavy atom. The maximum absolute atomic E-state index is 10.7. The topological polar surface area (TPSA) is 58.9 Å².